The lowest BCUT2D eigenvalue weighted by Crippen LogP contribution is -2.14. The standard InChI is InChI=1S/C9H9ClO5S/c1-2-15-9(14)7-4(3-5(10)16-7)6(11)8(12)13/h3,6,11H,2H2,1H3,(H,12,13). The maximum Gasteiger partial charge on any atom is 0.348 e. The molecule has 1 rings (SSSR count). The number of aliphatic carboxylic acids is 1. The molecule has 88 valence electrons. The van der Waals surface area contributed by atoms with Gasteiger partial charge in [0, 0.05) is 5.56 Å². The number of ether oxygens (including phenoxy) is 1. The summed E-state index contributed by atoms with van der Waals surface area (Å²) in [5, 5.41) is 18.0. The Labute approximate surface area is 100 Å². The zero-order valence-electron chi connectivity index (χ0n) is 8.27. The molecular weight excluding hydrogens is 256 g/mol. The summed E-state index contributed by atoms with van der Waals surface area (Å²) < 4.78 is 4.94. The van der Waals surface area contributed by atoms with Gasteiger partial charge in [-0.15, -0.1) is 11.3 Å². The molecule has 1 aromatic rings. The number of carboxylic acids is 1. The molecule has 0 saturated carbocycles. The molecule has 0 aliphatic carbocycles. The molecule has 1 atom stereocenters. The lowest BCUT2D eigenvalue weighted by atomic mass is 10.1. The van der Waals surface area contributed by atoms with Crippen LogP contribution >= 0.6 is 22.9 Å². The molecule has 7 heteroatoms. The van der Waals surface area contributed by atoms with E-state index in [1.54, 1.807) is 6.92 Å². The summed E-state index contributed by atoms with van der Waals surface area (Å²) in [5.41, 5.74) is -0.0408. The van der Waals surface area contributed by atoms with E-state index in [0.717, 1.165) is 11.3 Å². The molecule has 0 radical (unpaired) electrons. The van der Waals surface area contributed by atoms with Crippen molar-refractivity contribution in [2.24, 2.45) is 0 Å². The third kappa shape index (κ3) is 2.72. The zero-order chi connectivity index (χ0) is 12.3. The number of hydrogen-bond acceptors (Lipinski definition) is 5. The van der Waals surface area contributed by atoms with Gasteiger partial charge < -0.3 is 14.9 Å². The minimum absolute atomic E-state index is 0.0155. The van der Waals surface area contributed by atoms with Crippen LogP contribution in [0.5, 0.6) is 0 Å². The van der Waals surface area contributed by atoms with Gasteiger partial charge in [-0.2, -0.15) is 0 Å². The lowest BCUT2D eigenvalue weighted by molar-refractivity contribution is -0.146. The number of carbonyl (C=O) groups is 2. The molecule has 0 aliphatic rings. The summed E-state index contributed by atoms with van der Waals surface area (Å²) in [6.45, 7) is 1.79. The number of thiophene rings is 1. The second kappa shape index (κ2) is 5.29. The average Bonchev–Trinajstić information content (AvgIpc) is 2.59. The van der Waals surface area contributed by atoms with Crippen molar-refractivity contribution in [3.63, 3.8) is 0 Å². The predicted molar refractivity (Wildman–Crippen MR) is 57.9 cm³/mol. The first-order valence-electron chi connectivity index (χ1n) is 4.34. The Morgan fingerprint density at radius 3 is 2.75 bits per heavy atom. The van der Waals surface area contributed by atoms with Crippen molar-refractivity contribution < 1.29 is 24.5 Å². The van der Waals surface area contributed by atoms with Crippen LogP contribution in [0.25, 0.3) is 0 Å². The molecule has 5 nitrogen and oxygen atoms in total. The molecule has 16 heavy (non-hydrogen) atoms. The minimum Gasteiger partial charge on any atom is -0.479 e. The summed E-state index contributed by atoms with van der Waals surface area (Å²) in [7, 11) is 0. The second-order valence-corrected chi connectivity index (χ2v) is 4.48. The molecule has 0 spiro atoms. The number of hydrogen-bond donors (Lipinski definition) is 2. The Balaban J connectivity index is 3.09. The normalized spacial score (nSPS) is 12.2. The third-order valence-corrected chi connectivity index (χ3v) is 2.98. The summed E-state index contributed by atoms with van der Waals surface area (Å²) in [5.74, 6) is -2.13. The van der Waals surface area contributed by atoms with Gasteiger partial charge in [0.2, 0.25) is 0 Å². The molecule has 0 amide bonds. The number of halogens is 1. The molecule has 0 fully saturated rings. The maximum atomic E-state index is 11.4. The van der Waals surface area contributed by atoms with Gasteiger partial charge in [-0.1, -0.05) is 11.6 Å². The van der Waals surface area contributed by atoms with Crippen LogP contribution in [0.2, 0.25) is 4.34 Å². The quantitative estimate of drug-likeness (QED) is 0.809. The van der Waals surface area contributed by atoms with E-state index in [1.165, 1.54) is 6.07 Å². The van der Waals surface area contributed by atoms with Crippen molar-refractivity contribution in [3.8, 4) is 0 Å². The average molecular weight is 265 g/mol. The maximum absolute atomic E-state index is 11.4. The summed E-state index contributed by atoms with van der Waals surface area (Å²) >= 11 is 6.54. The van der Waals surface area contributed by atoms with Crippen molar-refractivity contribution in [1.82, 2.24) is 0 Å². The number of aliphatic hydroxyl groups is 1. The van der Waals surface area contributed by atoms with Gasteiger partial charge in [0.15, 0.2) is 6.10 Å². The Kier molecular flexibility index (Phi) is 4.28. The molecule has 0 saturated heterocycles. The van der Waals surface area contributed by atoms with Gasteiger partial charge in [-0.05, 0) is 13.0 Å². The number of carboxylic acid groups (broad SMARTS) is 1. The van der Waals surface area contributed by atoms with E-state index in [0.29, 0.717) is 0 Å². The van der Waals surface area contributed by atoms with Crippen LogP contribution in [0, 0.1) is 0 Å². The van der Waals surface area contributed by atoms with Crippen molar-refractivity contribution in [2.45, 2.75) is 13.0 Å². The number of carbonyl (C=O) groups excluding carboxylic acids is 1. The molecule has 2 N–H and O–H groups in total. The minimum atomic E-state index is -1.77. The Morgan fingerprint density at radius 2 is 2.25 bits per heavy atom. The number of rotatable bonds is 4. The van der Waals surface area contributed by atoms with Crippen molar-refractivity contribution >= 4 is 34.9 Å². The first-order chi connectivity index (χ1) is 7.47. The van der Waals surface area contributed by atoms with Gasteiger partial charge in [0.1, 0.15) is 4.88 Å². The van der Waals surface area contributed by atoms with Crippen molar-refractivity contribution in [1.29, 1.82) is 0 Å². The Bertz CT molecular complexity index is 414. The van der Waals surface area contributed by atoms with E-state index >= 15 is 0 Å². The van der Waals surface area contributed by atoms with E-state index in [1.807, 2.05) is 0 Å². The molecule has 1 heterocycles. The highest BCUT2D eigenvalue weighted by Gasteiger charge is 2.26. The smallest absolute Gasteiger partial charge is 0.348 e. The van der Waals surface area contributed by atoms with Crippen LogP contribution < -0.4 is 0 Å². The largest absolute Gasteiger partial charge is 0.479 e. The van der Waals surface area contributed by atoms with E-state index < -0.39 is 18.0 Å². The molecular formula is C9H9ClO5S. The first kappa shape index (κ1) is 13.0. The van der Waals surface area contributed by atoms with Crippen LogP contribution in [0.1, 0.15) is 28.3 Å². The van der Waals surface area contributed by atoms with Gasteiger partial charge >= 0.3 is 11.9 Å². The van der Waals surface area contributed by atoms with E-state index in [9.17, 15) is 14.7 Å². The second-order valence-electron chi connectivity index (χ2n) is 2.80. The Hall–Kier alpha value is -1.11. The summed E-state index contributed by atoms with van der Waals surface area (Å²) in [6.07, 6.45) is -1.77. The number of aliphatic hydroxyl groups excluding tert-OH is 1. The van der Waals surface area contributed by atoms with Crippen LogP contribution in [0.3, 0.4) is 0 Å². The fourth-order valence-corrected chi connectivity index (χ4v) is 2.23. The van der Waals surface area contributed by atoms with Crippen molar-refractivity contribution in [3.05, 3.63) is 20.8 Å². The third-order valence-electron chi connectivity index (χ3n) is 1.72. The van der Waals surface area contributed by atoms with Crippen LogP contribution in [0.4, 0.5) is 0 Å². The van der Waals surface area contributed by atoms with Gasteiger partial charge in [-0.25, -0.2) is 9.59 Å². The van der Waals surface area contributed by atoms with Crippen LogP contribution in [-0.4, -0.2) is 28.8 Å². The first-order valence-corrected chi connectivity index (χ1v) is 5.54. The van der Waals surface area contributed by atoms with Crippen molar-refractivity contribution in [2.75, 3.05) is 6.61 Å². The predicted octanol–water partition coefficient (Wildman–Crippen LogP) is 1.70. The molecule has 0 bridgehead atoms. The van der Waals surface area contributed by atoms with Crippen LogP contribution in [-0.2, 0) is 9.53 Å². The van der Waals surface area contributed by atoms with Crippen LogP contribution in [0.15, 0.2) is 6.07 Å². The number of esters is 1. The van der Waals surface area contributed by atoms with E-state index in [4.69, 9.17) is 21.4 Å². The van der Waals surface area contributed by atoms with E-state index in [2.05, 4.69) is 0 Å². The molecule has 1 aromatic heterocycles. The van der Waals surface area contributed by atoms with Gasteiger partial charge in [-0.3, -0.25) is 0 Å². The molecule has 0 aliphatic heterocycles. The molecule has 0 aromatic carbocycles. The lowest BCUT2D eigenvalue weighted by Gasteiger charge is -2.06. The SMILES string of the molecule is CCOC(=O)c1sc(Cl)cc1C(O)C(=O)O. The monoisotopic (exact) mass is 264 g/mol. The van der Waals surface area contributed by atoms with Gasteiger partial charge in [0.25, 0.3) is 0 Å². The van der Waals surface area contributed by atoms with E-state index in [-0.39, 0.29) is 21.4 Å². The highest BCUT2D eigenvalue weighted by atomic mass is 35.5. The highest BCUT2D eigenvalue weighted by Crippen LogP contribution is 2.31. The summed E-state index contributed by atoms with van der Waals surface area (Å²) in [4.78, 5) is 22.0. The highest BCUT2D eigenvalue weighted by molar-refractivity contribution is 7.18. The topological polar surface area (TPSA) is 83.8 Å². The Morgan fingerprint density at radius 1 is 1.62 bits per heavy atom. The fraction of sp³-hybridized carbons (Fsp3) is 0.333. The summed E-state index contributed by atoms with van der Waals surface area (Å²) in [6, 6.07) is 1.25. The van der Waals surface area contributed by atoms with Gasteiger partial charge in [0.05, 0.1) is 10.9 Å². The fourth-order valence-electron chi connectivity index (χ4n) is 1.07. The molecule has 1 unspecified atom stereocenters. The zero-order valence-corrected chi connectivity index (χ0v) is 9.84.